The summed E-state index contributed by atoms with van der Waals surface area (Å²) in [5.41, 5.74) is 1.11. The molecule has 1 aliphatic rings. The Hall–Kier alpha value is -3.61. The lowest BCUT2D eigenvalue weighted by molar-refractivity contribution is -0.147. The van der Waals surface area contributed by atoms with E-state index in [2.05, 4.69) is 53.0 Å². The molecule has 1 saturated heterocycles. The molecule has 8 atom stereocenters. The molecule has 0 radical (unpaired) electrons. The number of hydrogen-bond donors (Lipinski definition) is 3. The van der Waals surface area contributed by atoms with E-state index in [0.717, 1.165) is 35.6 Å². The smallest absolute Gasteiger partial charge is 0.245 e. The van der Waals surface area contributed by atoms with E-state index >= 15 is 0 Å². The van der Waals surface area contributed by atoms with Gasteiger partial charge < -0.3 is 35.2 Å². The molecule has 1 aliphatic heterocycles. The van der Waals surface area contributed by atoms with Gasteiger partial charge in [-0.2, -0.15) is 0 Å². The lowest BCUT2D eigenvalue weighted by Gasteiger charge is -2.41. The van der Waals surface area contributed by atoms with Gasteiger partial charge in [-0.25, -0.2) is 0 Å². The molecule has 3 N–H and O–H groups in total. The van der Waals surface area contributed by atoms with E-state index in [1.807, 2.05) is 51.8 Å². The summed E-state index contributed by atoms with van der Waals surface area (Å²) in [5.74, 6) is -1.27. The van der Waals surface area contributed by atoms with Gasteiger partial charge in [0.1, 0.15) is 6.04 Å². The third-order valence-corrected chi connectivity index (χ3v) is 11.2. The third-order valence-electron chi connectivity index (χ3n) is 11.2. The second-order valence-corrected chi connectivity index (χ2v) is 15.4. The van der Waals surface area contributed by atoms with Crippen LogP contribution in [-0.4, -0.2) is 116 Å². The van der Waals surface area contributed by atoms with Gasteiger partial charge in [0.15, 0.2) is 0 Å². The quantitative estimate of drug-likeness (QED) is 0.184. The summed E-state index contributed by atoms with van der Waals surface area (Å²) in [7, 11) is 6.66. The number of nitrogens with one attached hydrogen (secondary N) is 3. The van der Waals surface area contributed by atoms with Crippen LogP contribution < -0.4 is 16.0 Å². The van der Waals surface area contributed by atoms with Crippen molar-refractivity contribution in [1.29, 1.82) is 0 Å². The number of ether oxygens (including phenoxy) is 2. The lowest BCUT2D eigenvalue weighted by Crippen LogP contribution is -2.59. The van der Waals surface area contributed by atoms with E-state index < -0.39 is 36.3 Å². The molecule has 4 amide bonds. The Morgan fingerprint density at radius 3 is 2.26 bits per heavy atom. The summed E-state index contributed by atoms with van der Waals surface area (Å²) in [6, 6.07) is 6.32. The van der Waals surface area contributed by atoms with Gasteiger partial charge in [-0.3, -0.25) is 24.2 Å². The highest BCUT2D eigenvalue weighted by molar-refractivity contribution is 5.90. The van der Waals surface area contributed by atoms with Crippen LogP contribution in [0.4, 0.5) is 0 Å². The molecular weight excluding hydrogens is 672 g/mol. The number of likely N-dealkylation sites (N-methyl/N-ethyl adjacent to an activating group) is 2. The highest BCUT2D eigenvalue weighted by atomic mass is 16.5. The van der Waals surface area contributed by atoms with Gasteiger partial charge in [0.2, 0.25) is 23.6 Å². The highest BCUT2D eigenvalue weighted by Crippen LogP contribution is 2.29. The second kappa shape index (κ2) is 20.7. The predicted molar refractivity (Wildman–Crippen MR) is 209 cm³/mol. The molecule has 0 aliphatic carbocycles. The van der Waals surface area contributed by atoms with Crippen LogP contribution in [0.1, 0.15) is 79.7 Å². The third kappa shape index (κ3) is 11.2. The molecule has 2 aromatic rings. The van der Waals surface area contributed by atoms with Gasteiger partial charge in [0, 0.05) is 52.1 Å². The van der Waals surface area contributed by atoms with E-state index in [4.69, 9.17) is 9.47 Å². The minimum atomic E-state index is -0.746. The van der Waals surface area contributed by atoms with Crippen LogP contribution in [0, 0.1) is 23.7 Å². The van der Waals surface area contributed by atoms with E-state index in [0.29, 0.717) is 19.5 Å². The number of aromatic nitrogens is 1. The fourth-order valence-electron chi connectivity index (χ4n) is 7.83. The van der Waals surface area contributed by atoms with Crippen LogP contribution in [0.5, 0.6) is 0 Å². The van der Waals surface area contributed by atoms with Crippen molar-refractivity contribution in [3.05, 3.63) is 42.2 Å². The van der Waals surface area contributed by atoms with E-state index in [9.17, 15) is 19.2 Å². The number of rotatable bonds is 20. The predicted octanol–water partition coefficient (Wildman–Crippen LogP) is 4.20. The van der Waals surface area contributed by atoms with Crippen LogP contribution in [0.3, 0.4) is 0 Å². The first-order valence-electron chi connectivity index (χ1n) is 19.4. The number of fused-ring (bicyclic) bond motifs is 1. The minimum Gasteiger partial charge on any atom is -0.379 e. The van der Waals surface area contributed by atoms with Crippen LogP contribution in [0.25, 0.3) is 10.8 Å². The summed E-state index contributed by atoms with van der Waals surface area (Å²) in [4.78, 5) is 62.6. The zero-order chi connectivity index (χ0) is 39.4. The molecule has 296 valence electrons. The minimum absolute atomic E-state index is 0.00188. The van der Waals surface area contributed by atoms with Crippen LogP contribution >= 0.6 is 0 Å². The topological polar surface area (TPSA) is 142 Å². The zero-order valence-electron chi connectivity index (χ0n) is 34.0. The van der Waals surface area contributed by atoms with Gasteiger partial charge in [-0.05, 0) is 67.1 Å². The highest BCUT2D eigenvalue weighted by Gasteiger charge is 2.43. The Morgan fingerprint density at radius 2 is 1.66 bits per heavy atom. The molecule has 12 nitrogen and oxygen atoms in total. The average molecular weight is 739 g/mol. The van der Waals surface area contributed by atoms with E-state index in [-0.39, 0.29) is 53.8 Å². The van der Waals surface area contributed by atoms with Gasteiger partial charge in [-0.1, -0.05) is 67.0 Å². The van der Waals surface area contributed by atoms with E-state index in [1.165, 1.54) is 0 Å². The molecule has 1 aromatic carbocycles. The van der Waals surface area contributed by atoms with Crippen molar-refractivity contribution in [1.82, 2.24) is 30.7 Å². The first kappa shape index (κ1) is 43.8. The molecule has 1 unspecified atom stereocenters. The Labute approximate surface area is 317 Å². The van der Waals surface area contributed by atoms with Crippen LogP contribution in [0.2, 0.25) is 0 Å². The maximum Gasteiger partial charge on any atom is 0.245 e. The molecule has 2 heterocycles. The van der Waals surface area contributed by atoms with Crippen molar-refractivity contribution in [3.63, 3.8) is 0 Å². The van der Waals surface area contributed by atoms with Crippen LogP contribution in [-0.2, 0) is 35.1 Å². The Morgan fingerprint density at radius 1 is 0.962 bits per heavy atom. The first-order chi connectivity index (χ1) is 25.2. The number of benzene rings is 1. The van der Waals surface area contributed by atoms with Gasteiger partial charge in [-0.15, -0.1) is 0 Å². The lowest BCUT2D eigenvalue weighted by atomic mass is 9.89. The summed E-state index contributed by atoms with van der Waals surface area (Å²) in [5, 5.41) is 11.3. The average Bonchev–Trinajstić information content (AvgIpc) is 3.62. The monoisotopic (exact) mass is 739 g/mol. The van der Waals surface area contributed by atoms with Crippen LogP contribution in [0.15, 0.2) is 36.7 Å². The number of methoxy groups -OCH3 is 2. The number of carbonyl (C=O) groups is 4. The summed E-state index contributed by atoms with van der Waals surface area (Å²) in [6.45, 7) is 14.7. The molecule has 0 bridgehead atoms. The van der Waals surface area contributed by atoms with Gasteiger partial charge in [0.05, 0.1) is 42.7 Å². The van der Waals surface area contributed by atoms with Gasteiger partial charge in [0.25, 0.3) is 0 Å². The molecule has 3 rings (SSSR count). The van der Waals surface area contributed by atoms with Crippen molar-refractivity contribution < 1.29 is 28.7 Å². The Bertz CT molecular complexity index is 1500. The molecule has 0 spiro atoms. The number of hydrogen-bond acceptors (Lipinski definition) is 8. The number of carbonyl (C=O) groups excluding carboxylic acids is 4. The van der Waals surface area contributed by atoms with Gasteiger partial charge >= 0.3 is 0 Å². The van der Waals surface area contributed by atoms with Crippen molar-refractivity contribution in [2.24, 2.45) is 23.7 Å². The fourth-order valence-corrected chi connectivity index (χ4v) is 7.83. The largest absolute Gasteiger partial charge is 0.379 e. The molecular formula is C41H66N6O6. The summed E-state index contributed by atoms with van der Waals surface area (Å²) < 4.78 is 12.0. The summed E-state index contributed by atoms with van der Waals surface area (Å²) in [6.07, 6.45) is 5.54. The van der Waals surface area contributed by atoms with Crippen molar-refractivity contribution in [2.75, 3.05) is 41.4 Å². The molecule has 1 aromatic heterocycles. The Kier molecular flexibility index (Phi) is 17.1. The van der Waals surface area contributed by atoms with Crippen molar-refractivity contribution in [2.45, 2.75) is 117 Å². The molecule has 0 saturated carbocycles. The first-order valence-corrected chi connectivity index (χ1v) is 19.4. The second-order valence-electron chi connectivity index (χ2n) is 15.4. The van der Waals surface area contributed by atoms with Crippen molar-refractivity contribution >= 4 is 34.4 Å². The standard InChI is InChI=1S/C41H66N6O6/c1-12-27(6)37(46(9)41(51)36(26(4)5)45-40(50)35(42-8)25(2)3)33(52-10)23-34(48)47-21-13-14-32(47)38(53-11)28(7)39(49)44-20-17-29-15-16-30-18-19-43-24-31(30)22-29/h15-16,18-19,22,24-28,32-33,35-38,42H,12-14,17,20-21,23H2,1-11H3,(H,44,49)(H,45,50)/t27-,28+,32-,33+,35-,36-,37?,38+/m0/s1. The Balaban J connectivity index is 1.70. The fraction of sp³-hybridized carbons (Fsp3) is 0.683. The molecule has 12 heteroatoms. The SMILES string of the molecule is CC[C@H](C)C([C@@H](CC(=O)N1CCC[C@H]1[C@H](OC)[C@@H](C)C(=O)NCCc1ccc2ccncc2c1)OC)N(C)C(=O)[C@@H](NC(=O)[C@@H](NC)C(C)C)C(C)C. The van der Waals surface area contributed by atoms with E-state index in [1.54, 1.807) is 39.4 Å². The van der Waals surface area contributed by atoms with Crippen molar-refractivity contribution in [3.8, 4) is 0 Å². The maximum atomic E-state index is 14.1. The maximum absolute atomic E-state index is 14.1. The number of amides is 4. The summed E-state index contributed by atoms with van der Waals surface area (Å²) >= 11 is 0. The molecule has 53 heavy (non-hydrogen) atoms. The number of nitrogens with zero attached hydrogens (tertiary/aromatic N) is 3. The number of pyridine rings is 1. The number of likely N-dealkylation sites (tertiary alicyclic amines) is 1. The molecule has 1 fully saturated rings. The normalized spacial score (nSPS) is 18.7. The zero-order valence-corrected chi connectivity index (χ0v) is 34.0.